The summed E-state index contributed by atoms with van der Waals surface area (Å²) in [7, 11) is 0. The zero-order valence-electron chi connectivity index (χ0n) is 9.59. The Kier molecular flexibility index (Phi) is 3.35. The predicted octanol–water partition coefficient (Wildman–Crippen LogP) is 3.34. The Hall–Kier alpha value is -1.51. The van der Waals surface area contributed by atoms with Crippen molar-refractivity contribution in [3.8, 4) is 0 Å². The summed E-state index contributed by atoms with van der Waals surface area (Å²) in [5, 5.41) is 3.16. The van der Waals surface area contributed by atoms with Crippen LogP contribution in [0.5, 0.6) is 0 Å². The molecule has 0 heterocycles. The van der Waals surface area contributed by atoms with Gasteiger partial charge in [-0.15, -0.1) is 0 Å². The molecule has 0 N–H and O–H groups in total. The fraction of sp³-hybridized carbons (Fsp3) is 0.417. The number of Topliss-reactive ketones (excluding diaryl/α,β-unsaturated/α-hetero) is 1. The van der Waals surface area contributed by atoms with Crippen molar-refractivity contribution in [1.29, 1.82) is 0 Å². The molecule has 1 rings (SSSR count). The van der Waals surface area contributed by atoms with Crippen molar-refractivity contribution in [2.75, 3.05) is 0 Å². The highest BCUT2D eigenvalue weighted by atomic mass is 16.1. The van der Waals surface area contributed by atoms with Crippen molar-refractivity contribution >= 4 is 5.78 Å². The highest BCUT2D eigenvalue weighted by Gasteiger charge is 2.11. The summed E-state index contributed by atoms with van der Waals surface area (Å²) < 4.78 is 0. The van der Waals surface area contributed by atoms with Crippen molar-refractivity contribution in [3.05, 3.63) is 39.4 Å². The highest BCUT2D eigenvalue weighted by molar-refractivity contribution is 5.96. The first-order valence-electron chi connectivity index (χ1n) is 4.90. The Morgan fingerprint density at radius 1 is 1.33 bits per heavy atom. The van der Waals surface area contributed by atoms with E-state index in [1.807, 2.05) is 26.8 Å². The van der Waals surface area contributed by atoms with E-state index in [4.69, 9.17) is 5.53 Å². The Bertz CT molecular complexity index is 422. The third kappa shape index (κ3) is 2.12. The van der Waals surface area contributed by atoms with Gasteiger partial charge in [0.15, 0.2) is 5.78 Å². The van der Waals surface area contributed by atoms with Crippen LogP contribution in [0.3, 0.4) is 0 Å². The SMILES string of the molecule is CC(=O)c1cc(C)c(C)c(CN=[N-])c1C. The fourth-order valence-corrected chi connectivity index (χ4v) is 1.79. The topological polar surface area (TPSA) is 51.7 Å². The molecule has 0 aliphatic rings. The summed E-state index contributed by atoms with van der Waals surface area (Å²) in [6, 6.07) is 1.90. The number of carbonyl (C=O) groups is 1. The molecule has 80 valence electrons. The lowest BCUT2D eigenvalue weighted by Gasteiger charge is -2.15. The predicted molar refractivity (Wildman–Crippen MR) is 60.1 cm³/mol. The van der Waals surface area contributed by atoms with E-state index in [0.29, 0.717) is 0 Å². The largest absolute Gasteiger partial charge is 0.712 e. The summed E-state index contributed by atoms with van der Waals surface area (Å²) in [5.41, 5.74) is 13.4. The number of rotatable bonds is 3. The maximum Gasteiger partial charge on any atom is 0.160 e. The van der Waals surface area contributed by atoms with Crippen LogP contribution >= 0.6 is 0 Å². The summed E-state index contributed by atoms with van der Waals surface area (Å²) in [6.07, 6.45) is 0. The Morgan fingerprint density at radius 3 is 2.40 bits per heavy atom. The van der Waals surface area contributed by atoms with E-state index in [9.17, 15) is 4.79 Å². The highest BCUT2D eigenvalue weighted by Crippen LogP contribution is 2.23. The van der Waals surface area contributed by atoms with Crippen LogP contribution in [0.15, 0.2) is 11.2 Å². The van der Waals surface area contributed by atoms with Crippen molar-refractivity contribution < 1.29 is 4.79 Å². The van der Waals surface area contributed by atoms with Crippen molar-refractivity contribution in [2.24, 2.45) is 5.11 Å². The molecule has 0 atom stereocenters. The quantitative estimate of drug-likeness (QED) is 0.549. The summed E-state index contributed by atoms with van der Waals surface area (Å²) in [4.78, 5) is 11.4. The number of aryl methyl sites for hydroxylation is 1. The number of benzene rings is 1. The Labute approximate surface area is 90.0 Å². The summed E-state index contributed by atoms with van der Waals surface area (Å²) >= 11 is 0. The first-order chi connectivity index (χ1) is 6.99. The van der Waals surface area contributed by atoms with E-state index in [1.165, 1.54) is 0 Å². The molecule has 0 saturated heterocycles. The first-order valence-corrected chi connectivity index (χ1v) is 4.90. The summed E-state index contributed by atoms with van der Waals surface area (Å²) in [5.74, 6) is 0.0507. The van der Waals surface area contributed by atoms with Crippen molar-refractivity contribution in [3.63, 3.8) is 0 Å². The van der Waals surface area contributed by atoms with Gasteiger partial charge in [0.05, 0.1) is 0 Å². The molecular formula is C12H15N2O-. The van der Waals surface area contributed by atoms with Gasteiger partial charge in [-0.1, -0.05) is 0 Å². The van der Waals surface area contributed by atoms with Gasteiger partial charge in [0, 0.05) is 12.1 Å². The minimum absolute atomic E-state index is 0.0507. The van der Waals surface area contributed by atoms with Gasteiger partial charge in [0.1, 0.15) is 0 Å². The number of hydrogen-bond donors (Lipinski definition) is 0. The fourth-order valence-electron chi connectivity index (χ4n) is 1.79. The lowest BCUT2D eigenvalue weighted by atomic mass is 9.92. The van der Waals surface area contributed by atoms with E-state index in [2.05, 4.69) is 5.11 Å². The average Bonchev–Trinajstić information content (AvgIpc) is 2.18. The molecule has 0 saturated carbocycles. The molecule has 1 aromatic rings. The molecule has 15 heavy (non-hydrogen) atoms. The Balaban J connectivity index is 3.48. The molecule has 0 spiro atoms. The molecule has 0 aromatic heterocycles. The van der Waals surface area contributed by atoms with E-state index in [-0.39, 0.29) is 12.3 Å². The van der Waals surface area contributed by atoms with Crippen LogP contribution in [-0.2, 0) is 6.54 Å². The van der Waals surface area contributed by atoms with Gasteiger partial charge in [-0.25, -0.2) is 0 Å². The number of ketones is 1. The van der Waals surface area contributed by atoms with Gasteiger partial charge >= 0.3 is 0 Å². The minimum Gasteiger partial charge on any atom is -0.712 e. The number of nitrogens with zero attached hydrogens (tertiary/aromatic N) is 2. The molecule has 1 aromatic carbocycles. The standard InChI is InChI=1S/C12H15N2O/c1-7-5-11(10(4)15)9(3)12(6-14-13)8(7)2/h5H,6H2,1-4H3/q-1. The number of hydrogen-bond acceptors (Lipinski definition) is 2. The third-order valence-corrected chi connectivity index (χ3v) is 2.87. The van der Waals surface area contributed by atoms with E-state index in [0.717, 1.165) is 27.8 Å². The molecule has 0 amide bonds. The molecule has 3 heteroatoms. The number of carbonyl (C=O) groups excluding carboxylic acids is 1. The van der Waals surface area contributed by atoms with Crippen molar-refractivity contribution in [1.82, 2.24) is 0 Å². The maximum absolute atomic E-state index is 11.4. The van der Waals surface area contributed by atoms with E-state index in [1.54, 1.807) is 6.92 Å². The molecule has 0 bridgehead atoms. The van der Waals surface area contributed by atoms with Gasteiger partial charge in [0.2, 0.25) is 0 Å². The normalized spacial score (nSPS) is 10.1. The molecule has 0 aliphatic heterocycles. The average molecular weight is 203 g/mol. The van der Waals surface area contributed by atoms with Gasteiger partial charge in [0.25, 0.3) is 0 Å². The van der Waals surface area contributed by atoms with Crippen LogP contribution in [0.25, 0.3) is 5.53 Å². The second-order valence-corrected chi connectivity index (χ2v) is 3.83. The van der Waals surface area contributed by atoms with Crippen LogP contribution < -0.4 is 0 Å². The van der Waals surface area contributed by atoms with Crippen LogP contribution in [-0.4, -0.2) is 5.78 Å². The second-order valence-electron chi connectivity index (χ2n) is 3.83. The van der Waals surface area contributed by atoms with Gasteiger partial charge in [-0.05, 0) is 56.0 Å². The Morgan fingerprint density at radius 2 is 1.93 bits per heavy atom. The maximum atomic E-state index is 11.4. The minimum atomic E-state index is 0.0507. The van der Waals surface area contributed by atoms with Crippen LogP contribution in [0.4, 0.5) is 0 Å². The summed E-state index contributed by atoms with van der Waals surface area (Å²) in [6.45, 7) is 7.63. The van der Waals surface area contributed by atoms with Crippen LogP contribution in [0.2, 0.25) is 0 Å². The smallest absolute Gasteiger partial charge is 0.160 e. The molecule has 0 aliphatic carbocycles. The molecule has 3 nitrogen and oxygen atoms in total. The van der Waals surface area contributed by atoms with Gasteiger partial charge < -0.3 is 10.6 Å². The lowest BCUT2D eigenvalue weighted by molar-refractivity contribution is 0.101. The molecule has 0 fully saturated rings. The zero-order valence-corrected chi connectivity index (χ0v) is 9.59. The molecule has 0 radical (unpaired) electrons. The van der Waals surface area contributed by atoms with Crippen LogP contribution in [0, 0.1) is 20.8 Å². The van der Waals surface area contributed by atoms with Crippen molar-refractivity contribution in [2.45, 2.75) is 34.2 Å². The third-order valence-electron chi connectivity index (χ3n) is 2.87. The van der Waals surface area contributed by atoms with E-state index >= 15 is 0 Å². The lowest BCUT2D eigenvalue weighted by Crippen LogP contribution is -2.04. The van der Waals surface area contributed by atoms with Crippen LogP contribution in [0.1, 0.15) is 39.5 Å². The van der Waals surface area contributed by atoms with Gasteiger partial charge in [-0.3, -0.25) is 4.79 Å². The van der Waals surface area contributed by atoms with Gasteiger partial charge in [-0.2, -0.15) is 0 Å². The zero-order chi connectivity index (χ0) is 11.6. The monoisotopic (exact) mass is 203 g/mol. The molecular weight excluding hydrogens is 188 g/mol. The van der Waals surface area contributed by atoms with E-state index < -0.39 is 0 Å². The first kappa shape index (κ1) is 11.6. The second kappa shape index (κ2) is 4.34. The molecule has 0 unspecified atom stereocenters.